The maximum Gasteiger partial charge on any atom is 0.313 e. The van der Waals surface area contributed by atoms with Gasteiger partial charge in [-0.3, -0.25) is 9.59 Å². The van der Waals surface area contributed by atoms with Gasteiger partial charge in [-0.1, -0.05) is 32.0 Å². The SMILES string of the molecule is Cc1cccc(C(C)C)c1NC(=O)C(=O)N1CCCCC1. The summed E-state index contributed by atoms with van der Waals surface area (Å²) in [5.41, 5.74) is 2.83. The van der Waals surface area contributed by atoms with E-state index in [0.29, 0.717) is 19.0 Å². The summed E-state index contributed by atoms with van der Waals surface area (Å²) in [4.78, 5) is 26.1. The van der Waals surface area contributed by atoms with Gasteiger partial charge in [-0.15, -0.1) is 0 Å². The van der Waals surface area contributed by atoms with Gasteiger partial charge in [-0.25, -0.2) is 0 Å². The van der Waals surface area contributed by atoms with Crippen LogP contribution in [0.15, 0.2) is 18.2 Å². The van der Waals surface area contributed by atoms with Crippen LogP contribution in [0.25, 0.3) is 0 Å². The third-order valence-corrected chi connectivity index (χ3v) is 4.00. The zero-order valence-corrected chi connectivity index (χ0v) is 13.1. The summed E-state index contributed by atoms with van der Waals surface area (Å²) in [6, 6.07) is 5.93. The smallest absolute Gasteiger partial charge is 0.313 e. The average Bonchev–Trinajstić information content (AvgIpc) is 2.49. The lowest BCUT2D eigenvalue weighted by Gasteiger charge is -2.26. The maximum absolute atomic E-state index is 12.2. The van der Waals surface area contributed by atoms with Crippen LogP contribution in [0.5, 0.6) is 0 Å². The number of carbonyl (C=O) groups is 2. The van der Waals surface area contributed by atoms with Gasteiger partial charge >= 0.3 is 11.8 Å². The van der Waals surface area contributed by atoms with E-state index in [-0.39, 0.29) is 0 Å². The number of amides is 2. The van der Waals surface area contributed by atoms with Gasteiger partial charge in [0, 0.05) is 18.8 Å². The summed E-state index contributed by atoms with van der Waals surface area (Å²) in [5.74, 6) is -0.633. The summed E-state index contributed by atoms with van der Waals surface area (Å²) in [6.07, 6.45) is 3.11. The molecule has 0 unspecified atom stereocenters. The number of aryl methyl sites for hydroxylation is 1. The monoisotopic (exact) mass is 288 g/mol. The van der Waals surface area contributed by atoms with Crippen LogP contribution in [0.1, 0.15) is 50.2 Å². The van der Waals surface area contributed by atoms with Gasteiger partial charge in [0.2, 0.25) is 0 Å². The molecule has 4 nitrogen and oxygen atoms in total. The Balaban J connectivity index is 2.14. The number of anilines is 1. The fourth-order valence-electron chi connectivity index (χ4n) is 2.75. The van der Waals surface area contributed by atoms with Crippen molar-refractivity contribution in [1.29, 1.82) is 0 Å². The number of hydrogen-bond donors (Lipinski definition) is 1. The van der Waals surface area contributed by atoms with Crippen molar-refractivity contribution < 1.29 is 9.59 Å². The van der Waals surface area contributed by atoms with Crippen LogP contribution in [-0.4, -0.2) is 29.8 Å². The molecule has 0 atom stereocenters. The molecule has 0 bridgehead atoms. The Kier molecular flexibility index (Phi) is 4.99. The van der Waals surface area contributed by atoms with Gasteiger partial charge in [-0.2, -0.15) is 0 Å². The van der Waals surface area contributed by atoms with E-state index in [2.05, 4.69) is 19.2 Å². The highest BCUT2D eigenvalue weighted by atomic mass is 16.2. The molecule has 2 amide bonds. The Hall–Kier alpha value is -1.84. The Morgan fingerprint density at radius 3 is 2.43 bits per heavy atom. The molecule has 1 heterocycles. The Bertz CT molecular complexity index is 532. The van der Waals surface area contributed by atoms with E-state index in [4.69, 9.17) is 0 Å². The molecule has 0 spiro atoms. The van der Waals surface area contributed by atoms with Crippen molar-refractivity contribution in [2.24, 2.45) is 0 Å². The number of likely N-dealkylation sites (tertiary alicyclic amines) is 1. The number of rotatable bonds is 2. The molecule has 0 saturated carbocycles. The molecule has 1 aliphatic heterocycles. The first-order chi connectivity index (χ1) is 10.0. The van der Waals surface area contributed by atoms with E-state index >= 15 is 0 Å². The van der Waals surface area contributed by atoms with E-state index in [9.17, 15) is 9.59 Å². The largest absolute Gasteiger partial charge is 0.334 e. The van der Waals surface area contributed by atoms with E-state index in [1.165, 1.54) is 0 Å². The normalized spacial score (nSPS) is 15.1. The van der Waals surface area contributed by atoms with Gasteiger partial charge in [0.1, 0.15) is 0 Å². The standard InChI is InChI=1S/C17H24N2O2/c1-12(2)14-9-7-8-13(3)15(14)18-16(20)17(21)19-10-5-4-6-11-19/h7-9,12H,4-6,10-11H2,1-3H3,(H,18,20). The van der Waals surface area contributed by atoms with Gasteiger partial charge in [0.05, 0.1) is 0 Å². The Morgan fingerprint density at radius 2 is 1.81 bits per heavy atom. The molecule has 4 heteroatoms. The quantitative estimate of drug-likeness (QED) is 0.850. The topological polar surface area (TPSA) is 49.4 Å². The number of para-hydroxylation sites is 1. The van der Waals surface area contributed by atoms with Gasteiger partial charge in [0.15, 0.2) is 0 Å². The predicted molar refractivity (Wildman–Crippen MR) is 84.3 cm³/mol. The first-order valence-corrected chi connectivity index (χ1v) is 7.70. The third kappa shape index (κ3) is 3.63. The van der Waals surface area contributed by atoms with Crippen molar-refractivity contribution in [3.8, 4) is 0 Å². The van der Waals surface area contributed by atoms with Crippen LogP contribution in [0.4, 0.5) is 5.69 Å². The van der Waals surface area contributed by atoms with Gasteiger partial charge < -0.3 is 10.2 Å². The molecule has 114 valence electrons. The van der Waals surface area contributed by atoms with Crippen LogP contribution in [0.3, 0.4) is 0 Å². The predicted octanol–water partition coefficient (Wildman–Crippen LogP) is 3.07. The number of carbonyl (C=O) groups excluding carboxylic acids is 2. The van der Waals surface area contributed by atoms with Crippen LogP contribution in [0, 0.1) is 6.92 Å². The third-order valence-electron chi connectivity index (χ3n) is 4.00. The average molecular weight is 288 g/mol. The molecule has 1 N–H and O–H groups in total. The van der Waals surface area contributed by atoms with E-state index < -0.39 is 11.8 Å². The van der Waals surface area contributed by atoms with Crippen molar-refractivity contribution in [2.75, 3.05) is 18.4 Å². The molecule has 1 saturated heterocycles. The van der Waals surface area contributed by atoms with Crippen molar-refractivity contribution in [1.82, 2.24) is 4.90 Å². The molecule has 1 aromatic rings. The zero-order chi connectivity index (χ0) is 15.4. The maximum atomic E-state index is 12.2. The molecule has 0 aliphatic carbocycles. The Morgan fingerprint density at radius 1 is 1.14 bits per heavy atom. The Labute approximate surface area is 126 Å². The summed E-state index contributed by atoms with van der Waals surface area (Å²) in [5, 5.41) is 2.83. The second-order valence-corrected chi connectivity index (χ2v) is 6.00. The van der Waals surface area contributed by atoms with Gasteiger partial charge in [0.25, 0.3) is 0 Å². The first-order valence-electron chi connectivity index (χ1n) is 7.70. The fraction of sp³-hybridized carbons (Fsp3) is 0.529. The highest BCUT2D eigenvalue weighted by molar-refractivity contribution is 6.39. The second kappa shape index (κ2) is 6.74. The fourth-order valence-corrected chi connectivity index (χ4v) is 2.75. The van der Waals surface area contributed by atoms with Crippen molar-refractivity contribution in [2.45, 2.75) is 46.0 Å². The molecule has 0 aromatic heterocycles. The number of hydrogen-bond acceptors (Lipinski definition) is 2. The molecule has 1 aliphatic rings. The summed E-state index contributed by atoms with van der Waals surface area (Å²) < 4.78 is 0. The lowest BCUT2D eigenvalue weighted by Crippen LogP contribution is -2.42. The van der Waals surface area contributed by atoms with Crippen LogP contribution in [-0.2, 0) is 9.59 Å². The molecule has 21 heavy (non-hydrogen) atoms. The van der Waals surface area contributed by atoms with Gasteiger partial charge in [-0.05, 0) is 43.2 Å². The van der Waals surface area contributed by atoms with Crippen molar-refractivity contribution >= 4 is 17.5 Å². The van der Waals surface area contributed by atoms with E-state index in [1.807, 2.05) is 25.1 Å². The van der Waals surface area contributed by atoms with Crippen molar-refractivity contribution in [3.63, 3.8) is 0 Å². The molecule has 2 rings (SSSR count). The highest BCUT2D eigenvalue weighted by Crippen LogP contribution is 2.27. The second-order valence-electron chi connectivity index (χ2n) is 6.00. The minimum atomic E-state index is -0.520. The van der Waals surface area contributed by atoms with E-state index in [0.717, 1.165) is 36.1 Å². The first kappa shape index (κ1) is 15.5. The minimum Gasteiger partial charge on any atom is -0.334 e. The minimum absolute atomic E-state index is 0.297. The lowest BCUT2D eigenvalue weighted by molar-refractivity contribution is -0.143. The number of nitrogens with zero attached hydrogens (tertiary/aromatic N) is 1. The lowest BCUT2D eigenvalue weighted by atomic mass is 9.98. The van der Waals surface area contributed by atoms with Crippen molar-refractivity contribution in [3.05, 3.63) is 29.3 Å². The van der Waals surface area contributed by atoms with Crippen LogP contribution in [0.2, 0.25) is 0 Å². The zero-order valence-electron chi connectivity index (χ0n) is 13.1. The molecule has 1 fully saturated rings. The molecular formula is C17H24N2O2. The van der Waals surface area contributed by atoms with E-state index in [1.54, 1.807) is 4.90 Å². The number of benzene rings is 1. The molecular weight excluding hydrogens is 264 g/mol. The number of piperidine rings is 1. The molecule has 0 radical (unpaired) electrons. The summed E-state index contributed by atoms with van der Waals surface area (Å²) in [6.45, 7) is 7.49. The summed E-state index contributed by atoms with van der Waals surface area (Å²) in [7, 11) is 0. The van der Waals surface area contributed by atoms with Crippen LogP contribution < -0.4 is 5.32 Å². The number of nitrogens with one attached hydrogen (secondary N) is 1. The van der Waals surface area contributed by atoms with Crippen LogP contribution >= 0.6 is 0 Å². The summed E-state index contributed by atoms with van der Waals surface area (Å²) >= 11 is 0. The highest BCUT2D eigenvalue weighted by Gasteiger charge is 2.24. The molecule has 1 aromatic carbocycles.